The van der Waals surface area contributed by atoms with Crippen LogP contribution >= 0.6 is 0 Å². The number of hydrogen-bond acceptors (Lipinski definition) is 6. The van der Waals surface area contributed by atoms with E-state index in [1.807, 2.05) is 0 Å². The van der Waals surface area contributed by atoms with E-state index in [4.69, 9.17) is 9.52 Å². The van der Waals surface area contributed by atoms with Crippen molar-refractivity contribution in [3.8, 4) is 0 Å². The Bertz CT molecular complexity index is 903. The van der Waals surface area contributed by atoms with Gasteiger partial charge in [-0.15, -0.1) is 0 Å². The summed E-state index contributed by atoms with van der Waals surface area (Å²) in [6.07, 6.45) is 2.46. The van der Waals surface area contributed by atoms with Gasteiger partial charge in [-0.1, -0.05) is 12.1 Å². The summed E-state index contributed by atoms with van der Waals surface area (Å²) in [5.74, 6) is -2.96. The molecule has 140 valence electrons. The van der Waals surface area contributed by atoms with E-state index >= 15 is 0 Å². The largest absolute Gasteiger partial charge is 0.480 e. The maximum absolute atomic E-state index is 12.4. The predicted octanol–water partition coefficient (Wildman–Crippen LogP) is 1.55. The van der Waals surface area contributed by atoms with Gasteiger partial charge in [-0.2, -0.15) is 0 Å². The minimum atomic E-state index is -1.27. The minimum absolute atomic E-state index is 0.0703. The molecule has 0 saturated carbocycles. The molecule has 1 aromatic heterocycles. The van der Waals surface area contributed by atoms with Gasteiger partial charge in [0, 0.05) is 12.1 Å². The second-order valence-electron chi connectivity index (χ2n) is 5.37. The van der Waals surface area contributed by atoms with E-state index in [1.165, 1.54) is 55.7 Å². The lowest BCUT2D eigenvalue weighted by Gasteiger charge is -2.13. The van der Waals surface area contributed by atoms with Crippen molar-refractivity contribution in [1.29, 1.82) is 0 Å². The summed E-state index contributed by atoms with van der Waals surface area (Å²) in [6.45, 7) is 1.25. The molecule has 27 heavy (non-hydrogen) atoms. The van der Waals surface area contributed by atoms with Crippen LogP contribution in [0.4, 0.5) is 5.69 Å². The van der Waals surface area contributed by atoms with Crippen LogP contribution in [0, 0.1) is 10.1 Å². The first-order valence-corrected chi connectivity index (χ1v) is 7.62. The summed E-state index contributed by atoms with van der Waals surface area (Å²) in [6, 6.07) is 7.00. The van der Waals surface area contributed by atoms with Crippen molar-refractivity contribution in [2.45, 2.75) is 13.0 Å². The van der Waals surface area contributed by atoms with Gasteiger partial charge < -0.3 is 20.2 Å². The van der Waals surface area contributed by atoms with E-state index < -0.39 is 28.7 Å². The highest BCUT2D eigenvalue weighted by Crippen LogP contribution is 2.15. The normalized spacial score (nSPS) is 12.1. The smallest absolute Gasteiger partial charge is 0.325 e. The van der Waals surface area contributed by atoms with Crippen molar-refractivity contribution in [1.82, 2.24) is 10.6 Å². The number of amides is 2. The maximum Gasteiger partial charge on any atom is 0.325 e. The lowest BCUT2D eigenvalue weighted by Crippen LogP contribution is -2.42. The third-order valence-corrected chi connectivity index (χ3v) is 3.35. The number of nitro benzene ring substituents is 1. The van der Waals surface area contributed by atoms with Crippen LogP contribution in [0.3, 0.4) is 0 Å². The molecular formula is C17H15N3O7. The molecule has 0 spiro atoms. The number of furan rings is 1. The van der Waals surface area contributed by atoms with Crippen molar-refractivity contribution in [2.24, 2.45) is 0 Å². The number of nitrogens with zero attached hydrogens (tertiary/aromatic N) is 1. The molecule has 0 saturated heterocycles. The number of nitro groups is 1. The van der Waals surface area contributed by atoms with Gasteiger partial charge in [0.05, 0.1) is 11.2 Å². The third-order valence-electron chi connectivity index (χ3n) is 3.35. The first-order valence-electron chi connectivity index (χ1n) is 7.62. The van der Waals surface area contributed by atoms with Gasteiger partial charge in [-0.3, -0.25) is 24.5 Å². The Kier molecular flexibility index (Phi) is 6.05. The molecule has 0 aliphatic carbocycles. The molecular weight excluding hydrogens is 358 g/mol. The van der Waals surface area contributed by atoms with Crippen molar-refractivity contribution < 1.29 is 28.8 Å². The average molecular weight is 373 g/mol. The molecule has 1 aromatic carbocycles. The quantitative estimate of drug-likeness (QED) is 0.378. The van der Waals surface area contributed by atoms with Crippen molar-refractivity contribution in [3.05, 3.63) is 69.8 Å². The van der Waals surface area contributed by atoms with Crippen LogP contribution < -0.4 is 10.6 Å². The Hall–Kier alpha value is -3.95. The van der Waals surface area contributed by atoms with Crippen molar-refractivity contribution in [3.63, 3.8) is 0 Å². The van der Waals surface area contributed by atoms with E-state index in [1.54, 1.807) is 0 Å². The number of carboxylic acids is 1. The van der Waals surface area contributed by atoms with Gasteiger partial charge in [-0.05, 0) is 30.7 Å². The zero-order valence-electron chi connectivity index (χ0n) is 14.0. The molecule has 2 aromatic rings. The van der Waals surface area contributed by atoms with E-state index in [-0.39, 0.29) is 22.7 Å². The van der Waals surface area contributed by atoms with E-state index in [0.29, 0.717) is 0 Å². The molecule has 0 fully saturated rings. The molecule has 10 nitrogen and oxygen atoms in total. The molecule has 0 radical (unpaired) electrons. The van der Waals surface area contributed by atoms with Crippen molar-refractivity contribution >= 4 is 29.5 Å². The summed E-state index contributed by atoms with van der Waals surface area (Å²) in [5, 5.41) is 24.3. The number of rotatable bonds is 7. The number of non-ortho nitro benzene ring substituents is 1. The SMILES string of the molecule is C[C@@H](NC(=O)/C(=C/c1cccc([N+](=O)[O-])c1)NC(=O)c1ccco1)C(=O)O. The van der Waals surface area contributed by atoms with Crippen LogP contribution in [0.15, 0.2) is 52.8 Å². The number of carbonyl (C=O) groups excluding carboxylic acids is 2. The third kappa shape index (κ3) is 5.26. The van der Waals surface area contributed by atoms with Crippen LogP contribution in [0.25, 0.3) is 6.08 Å². The fraction of sp³-hybridized carbons (Fsp3) is 0.118. The zero-order valence-corrected chi connectivity index (χ0v) is 14.0. The number of carboxylic acid groups (broad SMARTS) is 1. The number of nitrogens with one attached hydrogen (secondary N) is 2. The second kappa shape index (κ2) is 8.43. The number of benzene rings is 1. The van der Waals surface area contributed by atoms with Crippen LogP contribution in [-0.4, -0.2) is 33.9 Å². The first-order chi connectivity index (χ1) is 12.8. The van der Waals surface area contributed by atoms with Gasteiger partial charge in [-0.25, -0.2) is 0 Å². The van der Waals surface area contributed by atoms with Crippen molar-refractivity contribution in [2.75, 3.05) is 0 Å². The highest BCUT2D eigenvalue weighted by molar-refractivity contribution is 6.05. The van der Waals surface area contributed by atoms with Gasteiger partial charge >= 0.3 is 5.97 Å². The molecule has 1 atom stereocenters. The lowest BCUT2D eigenvalue weighted by molar-refractivity contribution is -0.384. The highest BCUT2D eigenvalue weighted by Gasteiger charge is 2.20. The van der Waals surface area contributed by atoms with Crippen LogP contribution in [0.1, 0.15) is 23.0 Å². The fourth-order valence-corrected chi connectivity index (χ4v) is 1.98. The Labute approximate surface area is 152 Å². The summed E-state index contributed by atoms with van der Waals surface area (Å²) < 4.78 is 4.94. The van der Waals surface area contributed by atoms with E-state index in [9.17, 15) is 24.5 Å². The van der Waals surface area contributed by atoms with E-state index in [0.717, 1.165) is 0 Å². The van der Waals surface area contributed by atoms with Crippen LogP contribution in [-0.2, 0) is 9.59 Å². The summed E-state index contributed by atoms with van der Waals surface area (Å²) >= 11 is 0. The molecule has 0 aliphatic heterocycles. The summed E-state index contributed by atoms with van der Waals surface area (Å²) in [4.78, 5) is 45.7. The molecule has 0 bridgehead atoms. The van der Waals surface area contributed by atoms with Gasteiger partial charge in [0.25, 0.3) is 17.5 Å². The molecule has 0 unspecified atom stereocenters. The molecule has 3 N–H and O–H groups in total. The Balaban J connectivity index is 2.34. The summed E-state index contributed by atoms with van der Waals surface area (Å²) in [7, 11) is 0. The molecule has 1 heterocycles. The minimum Gasteiger partial charge on any atom is -0.480 e. The lowest BCUT2D eigenvalue weighted by atomic mass is 10.1. The predicted molar refractivity (Wildman–Crippen MR) is 92.5 cm³/mol. The number of carbonyl (C=O) groups is 3. The molecule has 10 heteroatoms. The second-order valence-corrected chi connectivity index (χ2v) is 5.37. The topological polar surface area (TPSA) is 152 Å². The van der Waals surface area contributed by atoms with Gasteiger partial charge in [0.15, 0.2) is 5.76 Å². The highest BCUT2D eigenvalue weighted by atomic mass is 16.6. The van der Waals surface area contributed by atoms with Crippen LogP contribution in [0.2, 0.25) is 0 Å². The Morgan fingerprint density at radius 1 is 1.26 bits per heavy atom. The standard InChI is InChI=1S/C17H15N3O7/c1-10(17(23)24)18-15(21)13(19-16(22)14-6-3-7-27-14)9-11-4-2-5-12(8-11)20(25)26/h2-10H,1H3,(H,18,21)(H,19,22)(H,23,24)/b13-9-/t10-/m1/s1. The maximum atomic E-state index is 12.4. The first kappa shape index (κ1) is 19.4. The van der Waals surface area contributed by atoms with Crippen LogP contribution in [0.5, 0.6) is 0 Å². The van der Waals surface area contributed by atoms with Gasteiger partial charge in [0.2, 0.25) is 0 Å². The van der Waals surface area contributed by atoms with E-state index in [2.05, 4.69) is 10.6 Å². The summed E-state index contributed by atoms with van der Waals surface area (Å²) in [5.41, 5.74) is -0.248. The van der Waals surface area contributed by atoms with Gasteiger partial charge in [0.1, 0.15) is 11.7 Å². The number of hydrogen-bond donors (Lipinski definition) is 3. The fourth-order valence-electron chi connectivity index (χ4n) is 1.98. The molecule has 0 aliphatic rings. The average Bonchev–Trinajstić information content (AvgIpc) is 3.16. The Morgan fingerprint density at radius 3 is 2.59 bits per heavy atom. The zero-order chi connectivity index (χ0) is 20.0. The Morgan fingerprint density at radius 2 is 2.00 bits per heavy atom. The monoisotopic (exact) mass is 373 g/mol. The molecule has 2 amide bonds. The molecule has 2 rings (SSSR count). The number of aliphatic carboxylic acids is 1.